The van der Waals surface area contributed by atoms with Crippen LogP contribution >= 0.6 is 0 Å². The van der Waals surface area contributed by atoms with E-state index in [-0.39, 0.29) is 10.9 Å². The van der Waals surface area contributed by atoms with E-state index in [1.807, 2.05) is 37.3 Å². The predicted molar refractivity (Wildman–Crippen MR) is 84.3 cm³/mol. The summed E-state index contributed by atoms with van der Waals surface area (Å²) in [6.45, 7) is 3.70. The minimum absolute atomic E-state index is 0.245. The molecule has 0 aliphatic carbocycles. The first-order valence-corrected chi connectivity index (χ1v) is 8.28. The molecule has 2 atom stereocenters. The van der Waals surface area contributed by atoms with Crippen LogP contribution in [0.4, 0.5) is 0 Å². The molecule has 0 heterocycles. The van der Waals surface area contributed by atoms with Crippen molar-refractivity contribution < 1.29 is 8.42 Å². The fraction of sp³-hybridized carbons (Fsp3) is 0.250. The second-order valence-electron chi connectivity index (χ2n) is 5.18. The summed E-state index contributed by atoms with van der Waals surface area (Å²) in [5.41, 5.74) is 7.82. The van der Waals surface area contributed by atoms with Gasteiger partial charge in [0.2, 0.25) is 10.0 Å². The molecule has 0 aliphatic rings. The van der Waals surface area contributed by atoms with Crippen molar-refractivity contribution in [3.63, 3.8) is 0 Å². The van der Waals surface area contributed by atoms with E-state index < -0.39 is 16.1 Å². The Labute approximate surface area is 126 Å². The summed E-state index contributed by atoms with van der Waals surface area (Å²) in [6, 6.07) is 15.3. The van der Waals surface area contributed by atoms with Gasteiger partial charge in [-0.15, -0.1) is 0 Å². The zero-order chi connectivity index (χ0) is 15.5. The van der Waals surface area contributed by atoms with Crippen molar-refractivity contribution in [2.24, 2.45) is 5.73 Å². The van der Waals surface area contributed by atoms with Gasteiger partial charge in [-0.05, 0) is 31.5 Å². The molecule has 4 nitrogen and oxygen atoms in total. The van der Waals surface area contributed by atoms with E-state index in [0.717, 1.165) is 11.1 Å². The molecule has 2 unspecified atom stereocenters. The molecule has 0 radical (unpaired) electrons. The standard InChI is InChI=1S/C16H20N2O2S/c1-12-8-10-15(11-9-12)21(19,20)18-16(13(2)17)14-6-4-3-5-7-14/h3-11,13,16,18H,17H2,1-2H3. The second-order valence-corrected chi connectivity index (χ2v) is 6.90. The molecular weight excluding hydrogens is 284 g/mol. The Morgan fingerprint density at radius 3 is 2.10 bits per heavy atom. The molecule has 2 aromatic carbocycles. The normalized spacial score (nSPS) is 14.6. The second kappa shape index (κ2) is 6.39. The third-order valence-electron chi connectivity index (χ3n) is 3.30. The topological polar surface area (TPSA) is 72.2 Å². The van der Waals surface area contributed by atoms with E-state index >= 15 is 0 Å². The zero-order valence-corrected chi connectivity index (χ0v) is 13.0. The lowest BCUT2D eigenvalue weighted by molar-refractivity contribution is 0.513. The Morgan fingerprint density at radius 2 is 1.57 bits per heavy atom. The number of nitrogens with two attached hydrogens (primary N) is 1. The monoisotopic (exact) mass is 304 g/mol. The van der Waals surface area contributed by atoms with Crippen molar-refractivity contribution in [1.82, 2.24) is 4.72 Å². The first-order chi connectivity index (χ1) is 9.90. The van der Waals surface area contributed by atoms with Gasteiger partial charge in [0.1, 0.15) is 0 Å². The summed E-state index contributed by atoms with van der Waals surface area (Å²) in [5, 5.41) is 0. The van der Waals surface area contributed by atoms with Crippen LogP contribution in [0, 0.1) is 6.92 Å². The Bertz CT molecular complexity index is 680. The maximum Gasteiger partial charge on any atom is 0.241 e. The minimum atomic E-state index is -3.60. The van der Waals surface area contributed by atoms with Gasteiger partial charge in [0.25, 0.3) is 0 Å². The summed E-state index contributed by atoms with van der Waals surface area (Å²) in [7, 11) is -3.60. The molecule has 0 aliphatic heterocycles. The molecule has 0 amide bonds. The molecule has 112 valence electrons. The maximum absolute atomic E-state index is 12.5. The summed E-state index contributed by atoms with van der Waals surface area (Å²) in [6.07, 6.45) is 0. The van der Waals surface area contributed by atoms with E-state index in [4.69, 9.17) is 5.73 Å². The molecule has 5 heteroatoms. The lowest BCUT2D eigenvalue weighted by Gasteiger charge is -2.22. The van der Waals surface area contributed by atoms with Gasteiger partial charge in [-0.1, -0.05) is 48.0 Å². The third kappa shape index (κ3) is 3.91. The van der Waals surface area contributed by atoms with E-state index in [1.165, 1.54) is 0 Å². The Hall–Kier alpha value is -1.69. The van der Waals surface area contributed by atoms with Crippen molar-refractivity contribution >= 4 is 10.0 Å². The van der Waals surface area contributed by atoms with E-state index in [2.05, 4.69) is 4.72 Å². The molecule has 0 saturated heterocycles. The smallest absolute Gasteiger partial charge is 0.241 e. The lowest BCUT2D eigenvalue weighted by atomic mass is 10.0. The zero-order valence-electron chi connectivity index (χ0n) is 12.2. The number of benzene rings is 2. The summed E-state index contributed by atoms with van der Waals surface area (Å²) in [5.74, 6) is 0. The Kier molecular flexibility index (Phi) is 4.77. The highest BCUT2D eigenvalue weighted by molar-refractivity contribution is 7.89. The van der Waals surface area contributed by atoms with Crippen LogP contribution in [-0.2, 0) is 10.0 Å². The fourth-order valence-corrected chi connectivity index (χ4v) is 3.41. The van der Waals surface area contributed by atoms with Crippen LogP contribution in [0.5, 0.6) is 0 Å². The van der Waals surface area contributed by atoms with Gasteiger partial charge in [0, 0.05) is 6.04 Å². The molecule has 0 saturated carbocycles. The molecule has 2 rings (SSSR count). The number of hydrogen-bond acceptors (Lipinski definition) is 3. The molecular formula is C16H20N2O2S. The highest BCUT2D eigenvalue weighted by atomic mass is 32.2. The van der Waals surface area contributed by atoms with Crippen molar-refractivity contribution in [3.05, 3.63) is 65.7 Å². The molecule has 2 aromatic rings. The van der Waals surface area contributed by atoms with Crippen LogP contribution in [0.2, 0.25) is 0 Å². The van der Waals surface area contributed by atoms with Crippen LogP contribution in [-0.4, -0.2) is 14.5 Å². The molecule has 21 heavy (non-hydrogen) atoms. The van der Waals surface area contributed by atoms with Gasteiger partial charge < -0.3 is 5.73 Å². The van der Waals surface area contributed by atoms with Crippen molar-refractivity contribution in [2.45, 2.75) is 30.8 Å². The van der Waals surface area contributed by atoms with Crippen LogP contribution in [0.1, 0.15) is 24.1 Å². The SMILES string of the molecule is Cc1ccc(S(=O)(=O)NC(c2ccccc2)C(C)N)cc1. The van der Waals surface area contributed by atoms with E-state index in [0.29, 0.717) is 0 Å². The van der Waals surface area contributed by atoms with Gasteiger partial charge in [-0.25, -0.2) is 13.1 Å². The minimum Gasteiger partial charge on any atom is -0.326 e. The number of sulfonamides is 1. The first-order valence-electron chi connectivity index (χ1n) is 6.79. The van der Waals surface area contributed by atoms with Gasteiger partial charge >= 0.3 is 0 Å². The number of hydrogen-bond donors (Lipinski definition) is 2. The van der Waals surface area contributed by atoms with Crippen LogP contribution < -0.4 is 10.5 Å². The Morgan fingerprint density at radius 1 is 1.00 bits per heavy atom. The summed E-state index contributed by atoms with van der Waals surface area (Å²) in [4.78, 5) is 0.245. The summed E-state index contributed by atoms with van der Waals surface area (Å²) >= 11 is 0. The largest absolute Gasteiger partial charge is 0.326 e. The highest BCUT2D eigenvalue weighted by Crippen LogP contribution is 2.19. The Balaban J connectivity index is 2.30. The molecule has 0 aromatic heterocycles. The van der Waals surface area contributed by atoms with Crippen LogP contribution in [0.15, 0.2) is 59.5 Å². The van der Waals surface area contributed by atoms with Crippen LogP contribution in [0.25, 0.3) is 0 Å². The molecule has 0 bridgehead atoms. The summed E-state index contributed by atoms with van der Waals surface area (Å²) < 4.78 is 27.6. The maximum atomic E-state index is 12.5. The van der Waals surface area contributed by atoms with Crippen molar-refractivity contribution in [2.75, 3.05) is 0 Å². The molecule has 3 N–H and O–H groups in total. The van der Waals surface area contributed by atoms with Crippen molar-refractivity contribution in [3.8, 4) is 0 Å². The quantitative estimate of drug-likeness (QED) is 0.890. The van der Waals surface area contributed by atoms with Crippen LogP contribution in [0.3, 0.4) is 0 Å². The van der Waals surface area contributed by atoms with E-state index in [1.54, 1.807) is 31.2 Å². The molecule has 0 spiro atoms. The first kappa shape index (κ1) is 15.7. The van der Waals surface area contributed by atoms with Gasteiger partial charge in [-0.3, -0.25) is 0 Å². The number of rotatable bonds is 5. The van der Waals surface area contributed by atoms with Crippen molar-refractivity contribution in [1.29, 1.82) is 0 Å². The lowest BCUT2D eigenvalue weighted by Crippen LogP contribution is -2.39. The average Bonchev–Trinajstić information content (AvgIpc) is 2.46. The number of aryl methyl sites for hydroxylation is 1. The number of nitrogens with one attached hydrogen (secondary N) is 1. The average molecular weight is 304 g/mol. The van der Waals surface area contributed by atoms with Gasteiger partial charge in [-0.2, -0.15) is 0 Å². The molecule has 0 fully saturated rings. The highest BCUT2D eigenvalue weighted by Gasteiger charge is 2.23. The predicted octanol–water partition coefficient (Wildman–Crippen LogP) is 2.36. The third-order valence-corrected chi connectivity index (χ3v) is 4.75. The van der Waals surface area contributed by atoms with E-state index in [9.17, 15) is 8.42 Å². The fourth-order valence-electron chi connectivity index (χ4n) is 2.09. The van der Waals surface area contributed by atoms with Gasteiger partial charge in [0.15, 0.2) is 0 Å². The van der Waals surface area contributed by atoms with Gasteiger partial charge in [0.05, 0.1) is 10.9 Å².